The zero-order valence-electron chi connectivity index (χ0n) is 11.3. The quantitative estimate of drug-likeness (QED) is 0.621. The van der Waals surface area contributed by atoms with E-state index >= 15 is 0 Å². The van der Waals surface area contributed by atoms with E-state index in [1.165, 1.54) is 44.1 Å². The van der Waals surface area contributed by atoms with E-state index in [1.54, 1.807) is 0 Å². The van der Waals surface area contributed by atoms with Gasteiger partial charge in [0.2, 0.25) is 5.91 Å². The third kappa shape index (κ3) is 4.98. The molecule has 0 aromatic heterocycles. The highest BCUT2D eigenvalue weighted by Crippen LogP contribution is 2.25. The van der Waals surface area contributed by atoms with Crippen molar-refractivity contribution in [3.8, 4) is 0 Å². The molecule has 2 nitrogen and oxygen atoms in total. The third-order valence-electron chi connectivity index (χ3n) is 3.84. The van der Waals surface area contributed by atoms with Gasteiger partial charge in [0.05, 0.1) is 0 Å². The number of anilines is 1. The second-order valence-electron chi connectivity index (χ2n) is 5.44. The molecule has 0 spiro atoms. The lowest BCUT2D eigenvalue weighted by Crippen LogP contribution is -2.16. The Morgan fingerprint density at radius 3 is 2.32 bits per heavy atom. The molecule has 1 aromatic rings. The Morgan fingerprint density at radius 2 is 1.74 bits per heavy atom. The van der Waals surface area contributed by atoms with Crippen molar-refractivity contribution in [2.45, 2.75) is 50.3 Å². The molecule has 1 amide bonds. The molecule has 1 N–H and O–H groups in total. The largest absolute Gasteiger partial charge is 0.326 e. The first-order valence-electron chi connectivity index (χ1n) is 7.22. The smallest absolute Gasteiger partial charge is 0.224 e. The summed E-state index contributed by atoms with van der Waals surface area (Å²) in [7, 11) is 0. The van der Waals surface area contributed by atoms with E-state index in [0.717, 1.165) is 11.0 Å². The predicted molar refractivity (Wildman–Crippen MR) is 83.5 cm³/mol. The summed E-state index contributed by atoms with van der Waals surface area (Å²) in [4.78, 5) is 12.0. The summed E-state index contributed by atoms with van der Waals surface area (Å²) < 4.78 is 0. The summed E-state index contributed by atoms with van der Waals surface area (Å²) in [5.74, 6) is 0.753. The molecule has 1 aliphatic rings. The normalized spacial score (nSPS) is 16.9. The third-order valence-corrected chi connectivity index (χ3v) is 4.49. The van der Waals surface area contributed by atoms with Crippen molar-refractivity contribution in [1.82, 2.24) is 0 Å². The minimum atomic E-state index is 0.165. The van der Waals surface area contributed by atoms with E-state index in [4.69, 9.17) is 0 Å². The molecule has 1 saturated carbocycles. The van der Waals surface area contributed by atoms with E-state index in [0.29, 0.717) is 12.3 Å². The van der Waals surface area contributed by atoms with Crippen LogP contribution < -0.4 is 5.32 Å². The first-order chi connectivity index (χ1) is 9.28. The summed E-state index contributed by atoms with van der Waals surface area (Å²) in [6.45, 7) is 0. The summed E-state index contributed by atoms with van der Waals surface area (Å²) in [5.41, 5.74) is 2.13. The highest BCUT2D eigenvalue weighted by molar-refractivity contribution is 9.08. The molecule has 0 heterocycles. The van der Waals surface area contributed by atoms with Crippen LogP contribution in [0.3, 0.4) is 0 Å². The van der Waals surface area contributed by atoms with Crippen molar-refractivity contribution in [1.29, 1.82) is 0 Å². The summed E-state index contributed by atoms with van der Waals surface area (Å²) in [6.07, 6.45) is 8.38. The Kier molecular flexibility index (Phi) is 5.90. The lowest BCUT2D eigenvalue weighted by Gasteiger charge is -2.13. The Bertz CT molecular complexity index is 394. The predicted octanol–water partition coefficient (Wildman–Crippen LogP) is 4.88. The number of nitrogens with one attached hydrogen (secondary N) is 1. The first kappa shape index (κ1) is 14.6. The molecule has 1 aliphatic carbocycles. The summed E-state index contributed by atoms with van der Waals surface area (Å²) in [6, 6.07) is 8.02. The van der Waals surface area contributed by atoms with Crippen molar-refractivity contribution < 1.29 is 4.79 Å². The number of benzene rings is 1. The second kappa shape index (κ2) is 7.68. The molecule has 0 unspecified atom stereocenters. The number of carbonyl (C=O) groups is 1. The van der Waals surface area contributed by atoms with Crippen molar-refractivity contribution in [3.05, 3.63) is 29.8 Å². The Morgan fingerprint density at radius 1 is 1.11 bits per heavy atom. The Hall–Kier alpha value is -0.830. The van der Waals surface area contributed by atoms with Crippen molar-refractivity contribution >= 4 is 27.5 Å². The maximum Gasteiger partial charge on any atom is 0.224 e. The molecule has 0 saturated heterocycles. The van der Waals surface area contributed by atoms with Gasteiger partial charge in [-0.3, -0.25) is 4.79 Å². The van der Waals surface area contributed by atoms with Gasteiger partial charge >= 0.3 is 0 Å². The van der Waals surface area contributed by atoms with Crippen LogP contribution in [0.1, 0.15) is 50.5 Å². The van der Waals surface area contributed by atoms with Gasteiger partial charge in [-0.25, -0.2) is 0 Å². The van der Waals surface area contributed by atoms with Crippen LogP contribution in [0.5, 0.6) is 0 Å². The van der Waals surface area contributed by atoms with Crippen LogP contribution in [-0.4, -0.2) is 5.91 Å². The number of hydrogen-bond donors (Lipinski definition) is 1. The number of amides is 1. The number of rotatable bonds is 4. The summed E-state index contributed by atoms with van der Waals surface area (Å²) >= 11 is 3.42. The van der Waals surface area contributed by atoms with E-state index in [-0.39, 0.29) is 5.91 Å². The van der Waals surface area contributed by atoms with Gasteiger partial charge in [0, 0.05) is 17.4 Å². The fourth-order valence-electron chi connectivity index (χ4n) is 2.72. The molecule has 1 fully saturated rings. The lowest BCUT2D eigenvalue weighted by molar-refractivity contribution is -0.117. The number of carbonyl (C=O) groups excluding carboxylic acids is 1. The molecule has 19 heavy (non-hydrogen) atoms. The molecule has 104 valence electrons. The van der Waals surface area contributed by atoms with Gasteiger partial charge in [-0.1, -0.05) is 53.7 Å². The van der Waals surface area contributed by atoms with Crippen LogP contribution in [0, 0.1) is 5.92 Å². The van der Waals surface area contributed by atoms with Gasteiger partial charge in [-0.05, 0) is 36.5 Å². The average molecular weight is 324 g/mol. The van der Waals surface area contributed by atoms with Crippen LogP contribution in [0.2, 0.25) is 0 Å². The van der Waals surface area contributed by atoms with E-state index in [1.807, 2.05) is 24.3 Å². The maximum absolute atomic E-state index is 12.0. The molecule has 0 bridgehead atoms. The van der Waals surface area contributed by atoms with Crippen molar-refractivity contribution in [2.75, 3.05) is 5.32 Å². The minimum absolute atomic E-state index is 0.165. The molecule has 0 atom stereocenters. The SMILES string of the molecule is O=C(CC1CCCCCC1)Nc1ccc(CBr)cc1. The topological polar surface area (TPSA) is 29.1 Å². The van der Waals surface area contributed by atoms with Gasteiger partial charge in [0.15, 0.2) is 0 Å². The van der Waals surface area contributed by atoms with E-state index < -0.39 is 0 Å². The van der Waals surface area contributed by atoms with Gasteiger partial charge < -0.3 is 5.32 Å². The fraction of sp³-hybridized carbons (Fsp3) is 0.562. The second-order valence-corrected chi connectivity index (χ2v) is 6.00. The van der Waals surface area contributed by atoms with Gasteiger partial charge in [-0.2, -0.15) is 0 Å². The summed E-state index contributed by atoms with van der Waals surface area (Å²) in [5, 5.41) is 3.86. The number of alkyl halides is 1. The molecule has 2 rings (SSSR count). The monoisotopic (exact) mass is 323 g/mol. The van der Waals surface area contributed by atoms with Crippen LogP contribution in [0.25, 0.3) is 0 Å². The van der Waals surface area contributed by atoms with Crippen LogP contribution >= 0.6 is 15.9 Å². The van der Waals surface area contributed by atoms with Crippen LogP contribution in [0.4, 0.5) is 5.69 Å². The van der Waals surface area contributed by atoms with Crippen molar-refractivity contribution in [3.63, 3.8) is 0 Å². The minimum Gasteiger partial charge on any atom is -0.326 e. The molecular formula is C16H22BrNO. The van der Waals surface area contributed by atoms with Gasteiger partial charge in [0.25, 0.3) is 0 Å². The standard InChI is InChI=1S/C16H22BrNO/c17-12-14-7-9-15(10-8-14)18-16(19)11-13-5-3-1-2-4-6-13/h7-10,13H,1-6,11-12H2,(H,18,19). The fourth-order valence-corrected chi connectivity index (χ4v) is 3.09. The van der Waals surface area contributed by atoms with E-state index in [9.17, 15) is 4.79 Å². The van der Waals surface area contributed by atoms with Gasteiger partial charge in [-0.15, -0.1) is 0 Å². The molecule has 0 radical (unpaired) electrons. The Labute approximate surface area is 124 Å². The number of halogens is 1. The lowest BCUT2D eigenvalue weighted by atomic mass is 9.96. The zero-order chi connectivity index (χ0) is 13.5. The van der Waals surface area contributed by atoms with Crippen molar-refractivity contribution in [2.24, 2.45) is 5.92 Å². The highest BCUT2D eigenvalue weighted by atomic mass is 79.9. The average Bonchev–Trinajstić information content (AvgIpc) is 2.68. The van der Waals surface area contributed by atoms with Gasteiger partial charge in [0.1, 0.15) is 0 Å². The zero-order valence-corrected chi connectivity index (χ0v) is 12.9. The number of hydrogen-bond acceptors (Lipinski definition) is 1. The highest BCUT2D eigenvalue weighted by Gasteiger charge is 2.16. The maximum atomic E-state index is 12.0. The van der Waals surface area contributed by atoms with Crippen LogP contribution in [0.15, 0.2) is 24.3 Å². The molecule has 3 heteroatoms. The van der Waals surface area contributed by atoms with Crippen LogP contribution in [-0.2, 0) is 10.1 Å². The molecule has 0 aliphatic heterocycles. The first-order valence-corrected chi connectivity index (χ1v) is 8.35. The van der Waals surface area contributed by atoms with E-state index in [2.05, 4.69) is 21.2 Å². The molecule has 1 aromatic carbocycles. The molecular weight excluding hydrogens is 302 g/mol. The Balaban J connectivity index is 1.82.